The molecule has 25 heavy (non-hydrogen) atoms. The summed E-state index contributed by atoms with van der Waals surface area (Å²) in [5.74, 6) is 0. The lowest BCUT2D eigenvalue weighted by atomic mass is 10.1. The number of aromatic amines is 1. The van der Waals surface area contributed by atoms with Crippen LogP contribution >= 0.6 is 11.3 Å². The van der Waals surface area contributed by atoms with E-state index in [-0.39, 0.29) is 11.5 Å². The summed E-state index contributed by atoms with van der Waals surface area (Å²) < 4.78 is 8.13. The molecule has 4 heterocycles. The first-order valence-corrected chi connectivity index (χ1v) is 9.06. The van der Waals surface area contributed by atoms with Crippen molar-refractivity contribution in [1.29, 1.82) is 0 Å². The van der Waals surface area contributed by atoms with Crippen LogP contribution in [-0.4, -0.2) is 14.8 Å². The number of hydrogen-bond donors (Lipinski definition) is 1. The molecule has 1 aromatic carbocycles. The molecule has 5 rings (SSSR count). The number of aromatic nitrogens is 3. The zero-order chi connectivity index (χ0) is 17.1. The molecule has 5 aromatic rings. The van der Waals surface area contributed by atoms with Crippen LogP contribution in [-0.2, 0) is 0 Å². The smallest absolute Gasteiger partial charge is 0.182 e. The third kappa shape index (κ3) is 2.01. The van der Waals surface area contributed by atoms with E-state index in [0.29, 0.717) is 5.58 Å². The maximum Gasteiger partial charge on any atom is 0.182 e. The Kier molecular flexibility index (Phi) is 2.93. The van der Waals surface area contributed by atoms with Crippen molar-refractivity contribution >= 4 is 44.4 Å². The molecule has 0 atom stereocenters. The molecule has 0 fully saturated rings. The molecule has 0 aliphatic carbocycles. The van der Waals surface area contributed by atoms with Gasteiger partial charge in [0.1, 0.15) is 11.1 Å². The number of thiophene rings is 1. The third-order valence-electron chi connectivity index (χ3n) is 4.49. The van der Waals surface area contributed by atoms with E-state index < -0.39 is 0 Å². The fourth-order valence-corrected chi connectivity index (χ4v) is 3.99. The zero-order valence-corrected chi connectivity index (χ0v) is 14.6. The largest absolute Gasteiger partial charge is 0.454 e. The van der Waals surface area contributed by atoms with Crippen LogP contribution in [0.15, 0.2) is 50.4 Å². The summed E-state index contributed by atoms with van der Waals surface area (Å²) in [6, 6.07) is 7.22. The lowest BCUT2D eigenvalue weighted by Gasteiger charge is -2.09. The van der Waals surface area contributed by atoms with Gasteiger partial charge in [-0.2, -0.15) is 11.3 Å². The topological polar surface area (TPSA) is 63.8 Å². The first-order chi connectivity index (χ1) is 12.1. The van der Waals surface area contributed by atoms with Crippen LogP contribution in [0.25, 0.3) is 44.2 Å². The number of hydrogen-bond acceptors (Lipinski definition) is 4. The fourth-order valence-electron chi connectivity index (χ4n) is 3.35. The second-order valence-corrected chi connectivity index (χ2v) is 7.19. The monoisotopic (exact) mass is 349 g/mol. The van der Waals surface area contributed by atoms with Gasteiger partial charge in [0.25, 0.3) is 0 Å². The maximum atomic E-state index is 11.7. The first-order valence-electron chi connectivity index (χ1n) is 8.12. The number of nitrogens with zero attached hydrogens (tertiary/aromatic N) is 2. The first kappa shape index (κ1) is 14.5. The number of nitrogens with one attached hydrogen (secondary N) is 1. The summed E-state index contributed by atoms with van der Waals surface area (Å²) >= 11 is 1.64. The minimum Gasteiger partial charge on any atom is -0.454 e. The van der Waals surface area contributed by atoms with Crippen molar-refractivity contribution in [3.05, 3.63) is 51.4 Å². The highest BCUT2D eigenvalue weighted by molar-refractivity contribution is 7.08. The van der Waals surface area contributed by atoms with Crippen LogP contribution in [0, 0.1) is 0 Å². The van der Waals surface area contributed by atoms with Gasteiger partial charge in [0.05, 0.1) is 0 Å². The Hall–Kier alpha value is -2.86. The van der Waals surface area contributed by atoms with Gasteiger partial charge >= 0.3 is 0 Å². The van der Waals surface area contributed by atoms with Crippen LogP contribution in [0.1, 0.15) is 19.9 Å². The molecule has 0 aliphatic rings. The van der Waals surface area contributed by atoms with Crippen molar-refractivity contribution < 1.29 is 4.42 Å². The van der Waals surface area contributed by atoms with Crippen molar-refractivity contribution in [1.82, 2.24) is 14.8 Å². The van der Waals surface area contributed by atoms with Crippen LogP contribution in [0.4, 0.5) is 0 Å². The number of rotatable bonds is 2. The summed E-state index contributed by atoms with van der Waals surface area (Å²) in [7, 11) is 0. The minimum absolute atomic E-state index is 0.0618. The summed E-state index contributed by atoms with van der Waals surface area (Å²) in [6.07, 6.45) is 1.97. The number of fused-ring (bicyclic) bond motifs is 4. The van der Waals surface area contributed by atoms with Crippen LogP contribution < -0.4 is 5.43 Å². The molecule has 0 spiro atoms. The normalized spacial score (nSPS) is 12.1. The highest BCUT2D eigenvalue weighted by Crippen LogP contribution is 2.39. The second kappa shape index (κ2) is 5.07. The van der Waals surface area contributed by atoms with E-state index in [9.17, 15) is 4.79 Å². The van der Waals surface area contributed by atoms with Gasteiger partial charge in [0, 0.05) is 34.6 Å². The minimum atomic E-state index is -0.0618. The van der Waals surface area contributed by atoms with Gasteiger partial charge in [-0.05, 0) is 48.4 Å². The molecular weight excluding hydrogens is 334 g/mol. The summed E-state index contributed by atoms with van der Waals surface area (Å²) in [4.78, 5) is 16.6. The molecule has 0 bridgehead atoms. The lowest BCUT2D eigenvalue weighted by molar-refractivity contribution is 0.547. The zero-order valence-electron chi connectivity index (χ0n) is 13.7. The van der Waals surface area contributed by atoms with Crippen LogP contribution in [0.3, 0.4) is 0 Å². The predicted molar refractivity (Wildman–Crippen MR) is 101 cm³/mol. The van der Waals surface area contributed by atoms with Crippen LogP contribution in [0.5, 0.6) is 0 Å². The SMILES string of the molecule is CC(C)n1[nH]cc2c(-c3ccsc3)c3oc4cc(=O)ccc4c3nc21. The van der Waals surface area contributed by atoms with Crippen molar-refractivity contribution in [2.75, 3.05) is 0 Å². The van der Waals surface area contributed by atoms with E-state index in [1.165, 1.54) is 6.07 Å². The van der Waals surface area contributed by atoms with Crippen molar-refractivity contribution in [2.45, 2.75) is 19.9 Å². The highest BCUT2D eigenvalue weighted by atomic mass is 32.1. The Bertz CT molecular complexity index is 1290. The Balaban J connectivity index is 2.04. The van der Waals surface area contributed by atoms with Crippen molar-refractivity contribution in [2.24, 2.45) is 0 Å². The quantitative estimate of drug-likeness (QED) is 0.491. The molecule has 1 N–H and O–H groups in total. The van der Waals surface area contributed by atoms with E-state index >= 15 is 0 Å². The molecular formula is C19H15N3O2S. The molecule has 4 aromatic heterocycles. The van der Waals surface area contributed by atoms with Crippen molar-refractivity contribution in [3.8, 4) is 11.1 Å². The van der Waals surface area contributed by atoms with Gasteiger partial charge in [-0.1, -0.05) is 0 Å². The molecule has 0 saturated heterocycles. The van der Waals surface area contributed by atoms with Gasteiger partial charge in [-0.25, -0.2) is 4.98 Å². The summed E-state index contributed by atoms with van der Waals surface area (Å²) in [5, 5.41) is 9.34. The van der Waals surface area contributed by atoms with E-state index in [4.69, 9.17) is 9.40 Å². The molecule has 0 radical (unpaired) electrons. The van der Waals surface area contributed by atoms with Crippen molar-refractivity contribution in [3.63, 3.8) is 0 Å². The third-order valence-corrected chi connectivity index (χ3v) is 5.18. The highest BCUT2D eigenvalue weighted by Gasteiger charge is 2.20. The number of H-pyrrole nitrogens is 1. The standard InChI is InChI=1S/C19H15N3O2S/c1-10(2)22-19-14(8-20-22)16(11-5-6-25-9-11)18-17(21-19)13-4-3-12(23)7-15(13)24-18/h3-10,20H,1-2H3. The van der Waals surface area contributed by atoms with Gasteiger partial charge in [0.15, 0.2) is 16.7 Å². The Morgan fingerprint density at radius 2 is 2.12 bits per heavy atom. The molecule has 6 heteroatoms. The van der Waals surface area contributed by atoms with E-state index in [2.05, 4.69) is 35.8 Å². The van der Waals surface area contributed by atoms with Gasteiger partial charge < -0.3 is 9.52 Å². The summed E-state index contributed by atoms with van der Waals surface area (Å²) in [5.41, 5.74) is 5.03. The van der Waals surface area contributed by atoms with Gasteiger partial charge in [0.2, 0.25) is 0 Å². The molecule has 0 aliphatic heterocycles. The average molecular weight is 349 g/mol. The Morgan fingerprint density at radius 1 is 1.24 bits per heavy atom. The number of pyridine rings is 1. The second-order valence-electron chi connectivity index (χ2n) is 6.41. The molecule has 5 nitrogen and oxygen atoms in total. The summed E-state index contributed by atoms with van der Waals surface area (Å²) in [6.45, 7) is 4.23. The average Bonchev–Trinajstić information content (AvgIpc) is 3.30. The number of furan rings is 1. The van der Waals surface area contributed by atoms with Crippen LogP contribution in [0.2, 0.25) is 0 Å². The Labute approximate surface area is 146 Å². The maximum absolute atomic E-state index is 11.7. The molecule has 0 unspecified atom stereocenters. The molecule has 0 saturated carbocycles. The van der Waals surface area contributed by atoms with E-state index in [1.54, 1.807) is 23.5 Å². The molecule has 0 amide bonds. The Morgan fingerprint density at radius 3 is 2.88 bits per heavy atom. The molecule has 124 valence electrons. The van der Waals surface area contributed by atoms with E-state index in [1.807, 2.05) is 10.9 Å². The lowest BCUT2D eigenvalue weighted by Crippen LogP contribution is -2.03. The fraction of sp³-hybridized carbons (Fsp3) is 0.158. The predicted octanol–water partition coefficient (Wildman–Crippen LogP) is 4.93. The van der Waals surface area contributed by atoms with Gasteiger partial charge in [-0.15, -0.1) is 0 Å². The van der Waals surface area contributed by atoms with E-state index in [0.717, 1.165) is 38.6 Å². The number of benzene rings is 1. The van der Waals surface area contributed by atoms with Gasteiger partial charge in [-0.3, -0.25) is 9.48 Å².